The lowest BCUT2D eigenvalue weighted by atomic mass is 9.86. The predicted octanol–water partition coefficient (Wildman–Crippen LogP) is 5.36. The van der Waals surface area contributed by atoms with Crippen molar-refractivity contribution in [3.8, 4) is 0 Å². The van der Waals surface area contributed by atoms with E-state index < -0.39 is 0 Å². The molecule has 0 heterocycles. The van der Waals surface area contributed by atoms with Gasteiger partial charge in [0.15, 0.2) is 0 Å². The normalized spacial score (nSPS) is 13.2. The third-order valence-corrected chi connectivity index (χ3v) is 4.55. The molecule has 0 saturated heterocycles. The van der Waals surface area contributed by atoms with Gasteiger partial charge in [0.2, 0.25) is 0 Å². The van der Waals surface area contributed by atoms with Crippen LogP contribution in [0.4, 0.5) is 0 Å². The Labute approximate surface area is 136 Å². The molecule has 0 aromatic heterocycles. The van der Waals surface area contributed by atoms with E-state index in [1.54, 1.807) is 0 Å². The van der Waals surface area contributed by atoms with E-state index in [0.29, 0.717) is 0 Å². The second-order valence-electron chi connectivity index (χ2n) is 6.62. The molecule has 0 radical (unpaired) electrons. The van der Waals surface area contributed by atoms with E-state index in [-0.39, 0.29) is 11.5 Å². The summed E-state index contributed by atoms with van der Waals surface area (Å²) in [6.45, 7) is 8.84. The number of rotatable bonds is 3. The largest absolute Gasteiger partial charge is 0.309 e. The van der Waals surface area contributed by atoms with E-state index >= 15 is 0 Å². The zero-order valence-corrected chi connectivity index (χ0v) is 15.1. The first-order valence-corrected chi connectivity index (χ1v) is 8.16. The highest BCUT2D eigenvalue weighted by atomic mass is 79.9. The van der Waals surface area contributed by atoms with Gasteiger partial charge in [0.1, 0.15) is 0 Å². The fraction of sp³-hybridized carbons (Fsp3) is 0.368. The average Bonchev–Trinajstić information content (AvgIpc) is 2.41. The minimum atomic E-state index is 0.193. The molecule has 2 aromatic carbocycles. The van der Waals surface area contributed by atoms with Gasteiger partial charge in [0, 0.05) is 4.47 Å². The Morgan fingerprint density at radius 3 is 2.10 bits per heavy atom. The molecule has 0 saturated carbocycles. The zero-order valence-electron chi connectivity index (χ0n) is 13.5. The van der Waals surface area contributed by atoms with Crippen molar-refractivity contribution in [1.82, 2.24) is 5.32 Å². The molecule has 1 atom stereocenters. The summed E-state index contributed by atoms with van der Waals surface area (Å²) in [5, 5.41) is 3.42. The van der Waals surface area contributed by atoms with Crippen molar-refractivity contribution >= 4 is 15.9 Å². The molecule has 2 rings (SSSR count). The van der Waals surface area contributed by atoms with Crippen LogP contribution in [0.15, 0.2) is 46.9 Å². The smallest absolute Gasteiger partial charge is 0.0585 e. The van der Waals surface area contributed by atoms with E-state index in [2.05, 4.69) is 91.4 Å². The van der Waals surface area contributed by atoms with Crippen molar-refractivity contribution in [2.45, 2.75) is 39.2 Å². The summed E-state index contributed by atoms with van der Waals surface area (Å²) >= 11 is 3.69. The van der Waals surface area contributed by atoms with Gasteiger partial charge in [0.25, 0.3) is 0 Å². The molecule has 1 unspecified atom stereocenters. The van der Waals surface area contributed by atoms with Crippen molar-refractivity contribution in [2.75, 3.05) is 7.05 Å². The molecule has 0 spiro atoms. The Hall–Kier alpha value is -1.12. The van der Waals surface area contributed by atoms with Gasteiger partial charge < -0.3 is 5.32 Å². The highest BCUT2D eigenvalue weighted by Gasteiger charge is 2.17. The van der Waals surface area contributed by atoms with E-state index in [4.69, 9.17) is 0 Å². The maximum absolute atomic E-state index is 3.69. The Bertz CT molecular complexity index is 608. The zero-order chi connectivity index (χ0) is 15.6. The third-order valence-electron chi connectivity index (χ3n) is 3.87. The summed E-state index contributed by atoms with van der Waals surface area (Å²) in [5.74, 6) is 0. The average molecular weight is 346 g/mol. The molecule has 2 heteroatoms. The molecule has 0 fully saturated rings. The first kappa shape index (κ1) is 16.3. The molecular formula is C19H24BrN. The van der Waals surface area contributed by atoms with E-state index in [0.717, 1.165) is 4.47 Å². The van der Waals surface area contributed by atoms with Crippen molar-refractivity contribution in [1.29, 1.82) is 0 Å². The van der Waals surface area contributed by atoms with Crippen LogP contribution in [0.1, 0.15) is 49.1 Å². The van der Waals surface area contributed by atoms with Gasteiger partial charge >= 0.3 is 0 Å². The van der Waals surface area contributed by atoms with Gasteiger partial charge in [0.05, 0.1) is 6.04 Å². The molecule has 0 aliphatic carbocycles. The number of benzene rings is 2. The molecule has 0 bridgehead atoms. The maximum atomic E-state index is 3.69. The Morgan fingerprint density at radius 1 is 1.00 bits per heavy atom. The van der Waals surface area contributed by atoms with Crippen LogP contribution in [0, 0.1) is 6.92 Å². The first-order valence-electron chi connectivity index (χ1n) is 7.36. The Balaban J connectivity index is 2.37. The van der Waals surface area contributed by atoms with E-state index in [9.17, 15) is 0 Å². The van der Waals surface area contributed by atoms with Gasteiger partial charge in [-0.15, -0.1) is 0 Å². The molecule has 2 aromatic rings. The standard InChI is InChI=1S/C19H24BrN/c1-13-6-11-16(17(20)12-13)18(21-5)14-7-9-15(10-8-14)19(2,3)4/h6-12,18,21H,1-5H3. The van der Waals surface area contributed by atoms with Gasteiger partial charge in [-0.3, -0.25) is 0 Å². The summed E-state index contributed by atoms with van der Waals surface area (Å²) < 4.78 is 1.15. The topological polar surface area (TPSA) is 12.0 Å². The van der Waals surface area contributed by atoms with Crippen LogP contribution in [-0.4, -0.2) is 7.05 Å². The molecule has 0 aliphatic rings. The molecule has 1 nitrogen and oxygen atoms in total. The molecule has 112 valence electrons. The van der Waals surface area contributed by atoms with Crippen molar-refractivity contribution in [3.05, 3.63) is 69.2 Å². The monoisotopic (exact) mass is 345 g/mol. The van der Waals surface area contributed by atoms with Crippen molar-refractivity contribution in [3.63, 3.8) is 0 Å². The second-order valence-corrected chi connectivity index (χ2v) is 7.47. The number of hydrogen-bond donors (Lipinski definition) is 1. The molecular weight excluding hydrogens is 322 g/mol. The van der Waals surface area contributed by atoms with Crippen LogP contribution in [0.3, 0.4) is 0 Å². The van der Waals surface area contributed by atoms with Crippen molar-refractivity contribution < 1.29 is 0 Å². The van der Waals surface area contributed by atoms with Crippen LogP contribution in [0.25, 0.3) is 0 Å². The SMILES string of the molecule is CNC(c1ccc(C(C)(C)C)cc1)c1ccc(C)cc1Br. The summed E-state index contributed by atoms with van der Waals surface area (Å²) in [4.78, 5) is 0. The van der Waals surface area contributed by atoms with Crippen LogP contribution in [-0.2, 0) is 5.41 Å². The number of halogens is 1. The van der Waals surface area contributed by atoms with Crippen LogP contribution in [0.5, 0.6) is 0 Å². The van der Waals surface area contributed by atoms with Crippen LogP contribution < -0.4 is 5.32 Å². The molecule has 0 amide bonds. The lowest BCUT2D eigenvalue weighted by Gasteiger charge is -2.22. The number of aryl methyl sites for hydroxylation is 1. The lowest BCUT2D eigenvalue weighted by Crippen LogP contribution is -2.19. The summed E-state index contributed by atoms with van der Waals surface area (Å²) in [6, 6.07) is 15.7. The second kappa shape index (κ2) is 6.33. The summed E-state index contributed by atoms with van der Waals surface area (Å²) in [5.41, 5.74) is 5.38. The Kier molecular flexibility index (Phi) is 4.90. The van der Waals surface area contributed by atoms with Crippen LogP contribution >= 0.6 is 15.9 Å². The molecule has 0 aliphatic heterocycles. The number of hydrogen-bond acceptors (Lipinski definition) is 1. The molecule has 21 heavy (non-hydrogen) atoms. The van der Waals surface area contributed by atoms with Gasteiger partial charge in [-0.2, -0.15) is 0 Å². The third kappa shape index (κ3) is 3.75. The minimum Gasteiger partial charge on any atom is -0.309 e. The van der Waals surface area contributed by atoms with E-state index in [1.807, 2.05) is 7.05 Å². The predicted molar refractivity (Wildman–Crippen MR) is 94.9 cm³/mol. The van der Waals surface area contributed by atoms with Gasteiger partial charge in [-0.05, 0) is 47.7 Å². The highest BCUT2D eigenvalue weighted by Crippen LogP contribution is 2.30. The van der Waals surface area contributed by atoms with Crippen LogP contribution in [0.2, 0.25) is 0 Å². The van der Waals surface area contributed by atoms with E-state index in [1.165, 1.54) is 22.3 Å². The maximum Gasteiger partial charge on any atom is 0.0585 e. The molecule has 1 N–H and O–H groups in total. The summed E-state index contributed by atoms with van der Waals surface area (Å²) in [6.07, 6.45) is 0. The quantitative estimate of drug-likeness (QED) is 0.788. The lowest BCUT2D eigenvalue weighted by molar-refractivity contribution is 0.589. The minimum absolute atomic E-state index is 0.193. The fourth-order valence-electron chi connectivity index (χ4n) is 2.54. The van der Waals surface area contributed by atoms with Gasteiger partial charge in [-0.1, -0.05) is 73.1 Å². The Morgan fingerprint density at radius 2 is 1.62 bits per heavy atom. The highest BCUT2D eigenvalue weighted by molar-refractivity contribution is 9.10. The fourth-order valence-corrected chi connectivity index (χ4v) is 3.27. The number of nitrogens with one attached hydrogen (secondary N) is 1. The van der Waals surface area contributed by atoms with Crippen molar-refractivity contribution in [2.24, 2.45) is 0 Å². The van der Waals surface area contributed by atoms with Gasteiger partial charge in [-0.25, -0.2) is 0 Å². The summed E-state index contributed by atoms with van der Waals surface area (Å²) in [7, 11) is 2.01. The first-order chi connectivity index (χ1) is 9.82.